The van der Waals surface area contributed by atoms with Crippen molar-refractivity contribution in [2.24, 2.45) is 0 Å². The lowest BCUT2D eigenvalue weighted by Crippen LogP contribution is -2.64. The van der Waals surface area contributed by atoms with Gasteiger partial charge < -0.3 is 28.4 Å². The maximum atomic E-state index is 12.0. The van der Waals surface area contributed by atoms with E-state index >= 15 is 0 Å². The first-order valence-electron chi connectivity index (χ1n) is 7.49. The zero-order valence-electron chi connectivity index (χ0n) is 14.9. The summed E-state index contributed by atoms with van der Waals surface area (Å²) in [6.45, 7) is 4.22. The van der Waals surface area contributed by atoms with Crippen LogP contribution in [0.15, 0.2) is 0 Å². The molecule has 146 valence electrons. The number of ether oxygens (including phenoxy) is 6. The number of rotatable bonds is 5. The zero-order valence-corrected chi connectivity index (χ0v) is 14.9. The average Bonchev–Trinajstić information content (AvgIpc) is 2.50. The van der Waals surface area contributed by atoms with Crippen LogP contribution in [-0.4, -0.2) is 67.7 Å². The number of hydrogen-bond donors (Lipinski definition) is 0. The molecular formula is C15H20O11. The van der Waals surface area contributed by atoms with Crippen LogP contribution in [0.5, 0.6) is 0 Å². The summed E-state index contributed by atoms with van der Waals surface area (Å²) in [5.41, 5.74) is 0. The molecule has 5 atom stereocenters. The van der Waals surface area contributed by atoms with Crippen molar-refractivity contribution >= 4 is 29.8 Å². The first kappa shape index (κ1) is 21.4. The second-order valence-corrected chi connectivity index (χ2v) is 5.28. The fourth-order valence-electron chi connectivity index (χ4n) is 2.34. The quantitative estimate of drug-likeness (QED) is 0.441. The van der Waals surface area contributed by atoms with Gasteiger partial charge in [-0.2, -0.15) is 0 Å². The summed E-state index contributed by atoms with van der Waals surface area (Å²) in [7, 11) is 1.05. The summed E-state index contributed by atoms with van der Waals surface area (Å²) in [5.74, 6) is -4.25. The van der Waals surface area contributed by atoms with Gasteiger partial charge in [0.1, 0.15) is 0 Å². The molecule has 0 aliphatic carbocycles. The molecule has 0 N–H and O–H groups in total. The third-order valence-electron chi connectivity index (χ3n) is 3.12. The summed E-state index contributed by atoms with van der Waals surface area (Å²) in [4.78, 5) is 57.7. The molecule has 1 saturated heterocycles. The maximum absolute atomic E-state index is 12.0. The predicted molar refractivity (Wildman–Crippen MR) is 79.1 cm³/mol. The number of esters is 5. The topological polar surface area (TPSA) is 141 Å². The predicted octanol–water partition coefficient (Wildman–Crippen LogP) is -0.757. The van der Waals surface area contributed by atoms with E-state index in [1.54, 1.807) is 0 Å². The highest BCUT2D eigenvalue weighted by molar-refractivity contribution is 5.77. The Hall–Kier alpha value is -2.69. The molecule has 1 rings (SSSR count). The van der Waals surface area contributed by atoms with Gasteiger partial charge in [0.25, 0.3) is 0 Å². The van der Waals surface area contributed by atoms with E-state index in [2.05, 4.69) is 4.74 Å². The van der Waals surface area contributed by atoms with Crippen molar-refractivity contribution in [2.45, 2.75) is 58.4 Å². The normalized spacial score (nSPS) is 27.7. The van der Waals surface area contributed by atoms with Crippen molar-refractivity contribution in [3.63, 3.8) is 0 Å². The molecule has 11 heteroatoms. The lowest BCUT2D eigenvalue weighted by Gasteiger charge is -2.42. The molecule has 2 unspecified atom stereocenters. The number of carbonyl (C=O) groups excluding carboxylic acids is 5. The Kier molecular flexibility index (Phi) is 7.50. The highest BCUT2D eigenvalue weighted by Gasteiger charge is 2.56. The molecule has 11 nitrogen and oxygen atoms in total. The molecule has 0 saturated carbocycles. The van der Waals surface area contributed by atoms with Gasteiger partial charge in [0, 0.05) is 27.7 Å². The molecule has 1 aliphatic heterocycles. The summed E-state index contributed by atoms with van der Waals surface area (Å²) < 4.78 is 30.0. The van der Waals surface area contributed by atoms with Crippen molar-refractivity contribution in [2.75, 3.05) is 7.11 Å². The number of hydrogen-bond acceptors (Lipinski definition) is 11. The van der Waals surface area contributed by atoms with E-state index in [0.29, 0.717) is 0 Å². The Bertz CT molecular complexity index is 584. The standard InChI is InChI=1S/C15H20O11/c1-6(16)22-10-11(23-7(2)17)13(24-8(3)18)15(25-9(4)19)26-12(10)14(20)21-5/h10-13,15H,1-5H3/t10-,11+,12?,13?,15-/m1/s1. The van der Waals surface area contributed by atoms with Gasteiger partial charge >= 0.3 is 29.8 Å². The van der Waals surface area contributed by atoms with E-state index in [-0.39, 0.29) is 0 Å². The Balaban J connectivity index is 3.37. The Morgan fingerprint density at radius 1 is 0.654 bits per heavy atom. The average molecular weight is 376 g/mol. The molecular weight excluding hydrogens is 356 g/mol. The maximum Gasteiger partial charge on any atom is 0.339 e. The van der Waals surface area contributed by atoms with Gasteiger partial charge in [-0.25, -0.2) is 4.79 Å². The fraction of sp³-hybridized carbons (Fsp3) is 0.667. The van der Waals surface area contributed by atoms with Crippen LogP contribution in [0.3, 0.4) is 0 Å². The van der Waals surface area contributed by atoms with Gasteiger partial charge in [0.2, 0.25) is 12.4 Å². The lowest BCUT2D eigenvalue weighted by atomic mass is 9.97. The van der Waals surface area contributed by atoms with E-state index in [4.69, 9.17) is 23.7 Å². The van der Waals surface area contributed by atoms with Gasteiger partial charge in [-0.3, -0.25) is 19.2 Å². The summed E-state index contributed by atoms with van der Waals surface area (Å²) in [6, 6.07) is 0. The van der Waals surface area contributed by atoms with Gasteiger partial charge in [0.15, 0.2) is 18.3 Å². The summed E-state index contributed by atoms with van der Waals surface area (Å²) >= 11 is 0. The molecule has 0 amide bonds. The van der Waals surface area contributed by atoms with Crippen molar-refractivity contribution in [1.29, 1.82) is 0 Å². The van der Waals surface area contributed by atoms with E-state index in [0.717, 1.165) is 34.8 Å². The van der Waals surface area contributed by atoms with E-state index < -0.39 is 60.6 Å². The van der Waals surface area contributed by atoms with Crippen molar-refractivity contribution in [3.8, 4) is 0 Å². The minimum Gasteiger partial charge on any atom is -0.467 e. The second kappa shape index (κ2) is 9.13. The van der Waals surface area contributed by atoms with Gasteiger partial charge in [-0.15, -0.1) is 0 Å². The Morgan fingerprint density at radius 2 is 1.08 bits per heavy atom. The molecule has 0 aromatic heterocycles. The molecule has 1 heterocycles. The largest absolute Gasteiger partial charge is 0.467 e. The zero-order chi connectivity index (χ0) is 20.0. The van der Waals surface area contributed by atoms with Gasteiger partial charge in [-0.05, 0) is 0 Å². The smallest absolute Gasteiger partial charge is 0.339 e. The highest BCUT2D eigenvalue weighted by Crippen LogP contribution is 2.30. The summed E-state index contributed by atoms with van der Waals surface area (Å²) in [6.07, 6.45) is -7.66. The van der Waals surface area contributed by atoms with Gasteiger partial charge in [-0.1, -0.05) is 0 Å². The van der Waals surface area contributed by atoms with Crippen LogP contribution in [0, 0.1) is 0 Å². The lowest BCUT2D eigenvalue weighted by molar-refractivity contribution is -0.294. The Labute approximate surface area is 148 Å². The first-order chi connectivity index (χ1) is 12.1. The number of methoxy groups -OCH3 is 1. The monoisotopic (exact) mass is 376 g/mol. The van der Waals surface area contributed by atoms with Crippen LogP contribution in [0.25, 0.3) is 0 Å². The molecule has 1 fully saturated rings. The minimum absolute atomic E-state index is 0.814. The summed E-state index contributed by atoms with van der Waals surface area (Å²) in [5, 5.41) is 0. The van der Waals surface area contributed by atoms with Crippen LogP contribution in [0.2, 0.25) is 0 Å². The molecule has 0 bridgehead atoms. The van der Waals surface area contributed by atoms with Crippen LogP contribution in [-0.2, 0) is 52.4 Å². The molecule has 0 aromatic carbocycles. The van der Waals surface area contributed by atoms with Crippen LogP contribution in [0.4, 0.5) is 0 Å². The van der Waals surface area contributed by atoms with Crippen molar-refractivity contribution < 1.29 is 52.4 Å². The third-order valence-corrected chi connectivity index (χ3v) is 3.12. The molecule has 0 radical (unpaired) electrons. The molecule has 0 spiro atoms. The van der Waals surface area contributed by atoms with Gasteiger partial charge in [0.05, 0.1) is 7.11 Å². The van der Waals surface area contributed by atoms with E-state index in [1.165, 1.54) is 0 Å². The minimum atomic E-state index is -1.60. The van der Waals surface area contributed by atoms with Crippen LogP contribution >= 0.6 is 0 Å². The molecule has 1 aliphatic rings. The highest BCUT2D eigenvalue weighted by atomic mass is 16.7. The molecule has 0 aromatic rings. The van der Waals surface area contributed by atoms with E-state index in [9.17, 15) is 24.0 Å². The van der Waals surface area contributed by atoms with Crippen LogP contribution < -0.4 is 0 Å². The van der Waals surface area contributed by atoms with Crippen molar-refractivity contribution in [3.05, 3.63) is 0 Å². The van der Waals surface area contributed by atoms with E-state index in [1.807, 2.05) is 0 Å². The first-order valence-corrected chi connectivity index (χ1v) is 7.49. The molecule has 26 heavy (non-hydrogen) atoms. The second-order valence-electron chi connectivity index (χ2n) is 5.28. The van der Waals surface area contributed by atoms with Crippen LogP contribution in [0.1, 0.15) is 27.7 Å². The SMILES string of the molecule is COC(=O)C1O[C@@H](OC(C)=O)C(OC(C)=O)[C@@H](OC(C)=O)[C@H]1OC(C)=O. The fourth-order valence-corrected chi connectivity index (χ4v) is 2.34. The van der Waals surface area contributed by atoms with Crippen molar-refractivity contribution in [1.82, 2.24) is 0 Å². The number of carbonyl (C=O) groups is 5. The Morgan fingerprint density at radius 3 is 1.50 bits per heavy atom. The third kappa shape index (κ3) is 5.69.